The highest BCUT2D eigenvalue weighted by Crippen LogP contribution is 2.29. The molecule has 0 aromatic carbocycles. The van der Waals surface area contributed by atoms with Crippen LogP contribution in [0.25, 0.3) is 0 Å². The standard InChI is InChI=1S/C8H5FN2S2/c9-8-10-4-3-6(11-8)13-7-2-1-5-12-7/h1-5H. The molecule has 0 spiro atoms. The third kappa shape index (κ3) is 2.26. The van der Waals surface area contributed by atoms with E-state index in [-0.39, 0.29) is 0 Å². The van der Waals surface area contributed by atoms with Gasteiger partial charge < -0.3 is 0 Å². The fourth-order valence-corrected chi connectivity index (χ4v) is 2.47. The molecule has 66 valence electrons. The Labute approximate surface area is 82.9 Å². The maximum Gasteiger partial charge on any atom is 0.309 e. The van der Waals surface area contributed by atoms with Crippen molar-refractivity contribution in [3.8, 4) is 0 Å². The number of nitrogens with zero attached hydrogens (tertiary/aromatic N) is 2. The molecule has 2 nitrogen and oxygen atoms in total. The molecule has 5 heteroatoms. The lowest BCUT2D eigenvalue weighted by Crippen LogP contribution is -1.87. The Morgan fingerprint density at radius 1 is 1.38 bits per heavy atom. The molecule has 0 saturated heterocycles. The van der Waals surface area contributed by atoms with Gasteiger partial charge in [0, 0.05) is 6.20 Å². The summed E-state index contributed by atoms with van der Waals surface area (Å²) in [5.41, 5.74) is 0. The fraction of sp³-hybridized carbons (Fsp3) is 0. The number of hydrogen-bond acceptors (Lipinski definition) is 4. The minimum absolute atomic E-state index is 0.634. The summed E-state index contributed by atoms with van der Waals surface area (Å²) in [6.45, 7) is 0. The topological polar surface area (TPSA) is 25.8 Å². The monoisotopic (exact) mass is 212 g/mol. The lowest BCUT2D eigenvalue weighted by molar-refractivity contribution is 0.527. The summed E-state index contributed by atoms with van der Waals surface area (Å²) in [6, 6.07) is 5.60. The quantitative estimate of drug-likeness (QED) is 0.565. The first-order valence-corrected chi connectivity index (χ1v) is 5.24. The van der Waals surface area contributed by atoms with Crippen molar-refractivity contribution in [2.75, 3.05) is 0 Å². The van der Waals surface area contributed by atoms with Gasteiger partial charge in [0.1, 0.15) is 5.03 Å². The van der Waals surface area contributed by atoms with Crippen LogP contribution in [0.5, 0.6) is 0 Å². The Morgan fingerprint density at radius 2 is 2.31 bits per heavy atom. The smallest absolute Gasteiger partial charge is 0.211 e. The summed E-state index contributed by atoms with van der Waals surface area (Å²) in [5, 5.41) is 2.61. The van der Waals surface area contributed by atoms with Crippen LogP contribution in [0.3, 0.4) is 0 Å². The van der Waals surface area contributed by atoms with Crippen molar-refractivity contribution in [2.45, 2.75) is 9.24 Å². The van der Waals surface area contributed by atoms with Gasteiger partial charge in [0.05, 0.1) is 4.21 Å². The van der Waals surface area contributed by atoms with E-state index in [0.29, 0.717) is 5.03 Å². The number of thiophene rings is 1. The molecular weight excluding hydrogens is 207 g/mol. The molecule has 0 atom stereocenters. The number of aromatic nitrogens is 2. The summed E-state index contributed by atoms with van der Waals surface area (Å²) in [7, 11) is 0. The molecule has 0 unspecified atom stereocenters. The van der Waals surface area contributed by atoms with Gasteiger partial charge in [-0.05, 0) is 17.5 Å². The van der Waals surface area contributed by atoms with Crippen LogP contribution in [0.2, 0.25) is 0 Å². The normalized spacial score (nSPS) is 10.2. The molecule has 2 aromatic heterocycles. The summed E-state index contributed by atoms with van der Waals surface area (Å²) >= 11 is 3.04. The SMILES string of the molecule is Fc1nccc(Sc2cccs2)n1. The first-order chi connectivity index (χ1) is 6.34. The van der Waals surface area contributed by atoms with Crippen molar-refractivity contribution in [3.63, 3.8) is 0 Å². The average molecular weight is 212 g/mol. The molecule has 0 bridgehead atoms. The Balaban J connectivity index is 2.19. The second-order valence-electron chi connectivity index (χ2n) is 2.20. The average Bonchev–Trinajstić information content (AvgIpc) is 2.57. The van der Waals surface area contributed by atoms with Crippen molar-refractivity contribution in [1.29, 1.82) is 0 Å². The third-order valence-corrected chi connectivity index (χ3v) is 3.27. The van der Waals surface area contributed by atoms with E-state index >= 15 is 0 Å². The highest BCUT2D eigenvalue weighted by molar-refractivity contribution is 8.01. The van der Waals surface area contributed by atoms with Gasteiger partial charge >= 0.3 is 6.08 Å². The molecule has 0 N–H and O–H groups in total. The van der Waals surface area contributed by atoms with Crippen LogP contribution >= 0.6 is 23.1 Å². The van der Waals surface area contributed by atoms with Crippen LogP contribution in [0.4, 0.5) is 4.39 Å². The van der Waals surface area contributed by atoms with Crippen LogP contribution in [-0.2, 0) is 0 Å². The van der Waals surface area contributed by atoms with Gasteiger partial charge in [-0.3, -0.25) is 0 Å². The molecular formula is C8H5FN2S2. The fourth-order valence-electron chi connectivity index (χ4n) is 0.801. The maximum absolute atomic E-state index is 12.6. The Morgan fingerprint density at radius 3 is 3.00 bits per heavy atom. The molecule has 0 saturated carbocycles. The summed E-state index contributed by atoms with van der Waals surface area (Å²) in [6.07, 6.45) is 0.736. The van der Waals surface area contributed by atoms with Crippen LogP contribution in [-0.4, -0.2) is 9.97 Å². The van der Waals surface area contributed by atoms with Crippen LogP contribution in [0, 0.1) is 6.08 Å². The molecule has 2 aromatic rings. The zero-order valence-electron chi connectivity index (χ0n) is 6.48. The first kappa shape index (κ1) is 8.65. The van der Waals surface area contributed by atoms with Gasteiger partial charge in [0.25, 0.3) is 0 Å². The minimum Gasteiger partial charge on any atom is -0.211 e. The van der Waals surface area contributed by atoms with E-state index in [1.54, 1.807) is 17.4 Å². The highest BCUT2D eigenvalue weighted by Gasteiger charge is 2.00. The molecule has 0 aliphatic rings. The summed E-state index contributed by atoms with van der Waals surface area (Å²) in [4.78, 5) is 7.02. The van der Waals surface area contributed by atoms with Gasteiger partial charge in [-0.15, -0.1) is 11.3 Å². The molecule has 2 rings (SSSR count). The van der Waals surface area contributed by atoms with Crippen molar-refractivity contribution in [1.82, 2.24) is 9.97 Å². The van der Waals surface area contributed by atoms with Crippen LogP contribution in [0.15, 0.2) is 39.0 Å². The first-order valence-electron chi connectivity index (χ1n) is 3.54. The van der Waals surface area contributed by atoms with Gasteiger partial charge in [-0.1, -0.05) is 17.8 Å². The van der Waals surface area contributed by atoms with Crippen LogP contribution < -0.4 is 0 Å². The van der Waals surface area contributed by atoms with E-state index < -0.39 is 6.08 Å². The predicted octanol–water partition coefficient (Wildman–Crippen LogP) is 2.83. The molecule has 13 heavy (non-hydrogen) atoms. The van der Waals surface area contributed by atoms with E-state index in [4.69, 9.17) is 0 Å². The van der Waals surface area contributed by atoms with Gasteiger partial charge in [-0.25, -0.2) is 4.98 Å². The molecule has 0 radical (unpaired) electrons. The zero-order valence-corrected chi connectivity index (χ0v) is 8.11. The van der Waals surface area contributed by atoms with Crippen molar-refractivity contribution in [2.24, 2.45) is 0 Å². The lowest BCUT2D eigenvalue weighted by Gasteiger charge is -1.95. The van der Waals surface area contributed by atoms with E-state index in [9.17, 15) is 4.39 Å². The lowest BCUT2D eigenvalue weighted by atomic mass is 10.7. The summed E-state index contributed by atoms with van der Waals surface area (Å²) in [5.74, 6) is 0. The Bertz CT molecular complexity index is 389. The van der Waals surface area contributed by atoms with Crippen molar-refractivity contribution in [3.05, 3.63) is 35.9 Å². The van der Waals surface area contributed by atoms with Crippen LogP contribution in [0.1, 0.15) is 0 Å². The number of halogens is 1. The molecule has 2 heterocycles. The van der Waals surface area contributed by atoms with Crippen molar-refractivity contribution < 1.29 is 4.39 Å². The van der Waals surface area contributed by atoms with E-state index in [1.807, 2.05) is 17.5 Å². The Hall–Kier alpha value is -0.940. The molecule has 0 fully saturated rings. The summed E-state index contributed by atoms with van der Waals surface area (Å²) < 4.78 is 13.7. The number of rotatable bonds is 2. The van der Waals surface area contributed by atoms with Gasteiger partial charge in [0.15, 0.2) is 0 Å². The second-order valence-corrected chi connectivity index (χ2v) is 4.47. The van der Waals surface area contributed by atoms with E-state index in [1.165, 1.54) is 18.0 Å². The largest absolute Gasteiger partial charge is 0.309 e. The number of hydrogen-bond donors (Lipinski definition) is 0. The van der Waals surface area contributed by atoms with Gasteiger partial charge in [-0.2, -0.15) is 9.37 Å². The minimum atomic E-state index is -0.679. The van der Waals surface area contributed by atoms with E-state index in [2.05, 4.69) is 9.97 Å². The molecule has 0 amide bonds. The van der Waals surface area contributed by atoms with Gasteiger partial charge in [0.2, 0.25) is 0 Å². The Kier molecular flexibility index (Phi) is 2.56. The maximum atomic E-state index is 12.6. The molecule has 0 aliphatic heterocycles. The molecule has 0 aliphatic carbocycles. The predicted molar refractivity (Wildman–Crippen MR) is 50.4 cm³/mol. The third-order valence-electron chi connectivity index (χ3n) is 1.30. The zero-order chi connectivity index (χ0) is 9.10. The van der Waals surface area contributed by atoms with Crippen molar-refractivity contribution >= 4 is 23.1 Å². The van der Waals surface area contributed by atoms with E-state index in [0.717, 1.165) is 4.21 Å². The highest BCUT2D eigenvalue weighted by atomic mass is 32.2. The second kappa shape index (κ2) is 3.85.